The lowest BCUT2D eigenvalue weighted by molar-refractivity contribution is 0.170. The molecule has 0 bridgehead atoms. The molecule has 0 aromatic rings. The van der Waals surface area contributed by atoms with Crippen molar-refractivity contribution < 1.29 is 0 Å². The van der Waals surface area contributed by atoms with E-state index >= 15 is 0 Å². The van der Waals surface area contributed by atoms with E-state index < -0.39 is 5.54 Å². The molecule has 0 amide bonds. The smallest absolute Gasteiger partial charge is 0.104 e. The van der Waals surface area contributed by atoms with Crippen LogP contribution in [0.1, 0.15) is 27.2 Å². The van der Waals surface area contributed by atoms with E-state index in [2.05, 4.69) is 49.1 Å². The molecule has 0 aromatic heterocycles. The minimum atomic E-state index is -0.411. The largest absolute Gasteiger partial charge is 0.308 e. The molecule has 0 spiro atoms. The standard InChI is InChI=1S/C13H28N4/c1-7-17(12(2)10-16(5)6)9-8-13(3,11-14)15-4/h12,15H,7-10H2,1-6H3. The molecule has 0 fully saturated rings. The molecule has 0 saturated carbocycles. The van der Waals surface area contributed by atoms with Crippen molar-refractivity contribution in [2.75, 3.05) is 40.8 Å². The van der Waals surface area contributed by atoms with Crippen LogP contribution in [0.15, 0.2) is 0 Å². The van der Waals surface area contributed by atoms with Crippen LogP contribution in [-0.4, -0.2) is 62.2 Å². The summed E-state index contributed by atoms with van der Waals surface area (Å²) < 4.78 is 0. The van der Waals surface area contributed by atoms with Gasteiger partial charge in [-0.3, -0.25) is 4.90 Å². The molecular weight excluding hydrogens is 212 g/mol. The second kappa shape index (κ2) is 7.65. The van der Waals surface area contributed by atoms with Gasteiger partial charge in [-0.1, -0.05) is 6.92 Å². The van der Waals surface area contributed by atoms with Crippen molar-refractivity contribution in [1.82, 2.24) is 15.1 Å². The minimum Gasteiger partial charge on any atom is -0.308 e. The first-order valence-electron chi connectivity index (χ1n) is 6.37. The maximum atomic E-state index is 9.12. The average Bonchev–Trinajstić information content (AvgIpc) is 2.28. The Kier molecular flexibility index (Phi) is 7.37. The second-order valence-electron chi connectivity index (χ2n) is 5.18. The number of nitriles is 1. The summed E-state index contributed by atoms with van der Waals surface area (Å²) in [7, 11) is 6.04. The summed E-state index contributed by atoms with van der Waals surface area (Å²) in [5, 5.41) is 12.2. The lowest BCUT2D eigenvalue weighted by atomic mass is 9.99. The summed E-state index contributed by atoms with van der Waals surface area (Å²) in [4.78, 5) is 4.63. The molecule has 0 radical (unpaired) electrons. The molecule has 17 heavy (non-hydrogen) atoms. The van der Waals surface area contributed by atoms with Gasteiger partial charge in [0.05, 0.1) is 6.07 Å². The quantitative estimate of drug-likeness (QED) is 0.691. The van der Waals surface area contributed by atoms with Crippen LogP contribution in [0.25, 0.3) is 0 Å². The molecule has 2 atom stereocenters. The zero-order valence-corrected chi connectivity index (χ0v) is 12.2. The molecule has 0 aromatic carbocycles. The molecule has 100 valence electrons. The molecule has 0 aliphatic heterocycles. The highest BCUT2D eigenvalue weighted by Crippen LogP contribution is 2.10. The van der Waals surface area contributed by atoms with E-state index in [0.717, 1.165) is 26.1 Å². The Balaban J connectivity index is 4.28. The third kappa shape index (κ3) is 6.02. The molecule has 0 heterocycles. The molecule has 0 aliphatic rings. The topological polar surface area (TPSA) is 42.3 Å². The molecule has 0 aliphatic carbocycles. The van der Waals surface area contributed by atoms with Gasteiger partial charge in [0.2, 0.25) is 0 Å². The normalized spacial score (nSPS) is 16.9. The monoisotopic (exact) mass is 240 g/mol. The third-order valence-electron chi connectivity index (χ3n) is 3.36. The number of hydrogen-bond donors (Lipinski definition) is 1. The van der Waals surface area contributed by atoms with Gasteiger partial charge in [-0.05, 0) is 48.0 Å². The van der Waals surface area contributed by atoms with E-state index in [1.807, 2.05) is 14.0 Å². The third-order valence-corrected chi connectivity index (χ3v) is 3.36. The van der Waals surface area contributed by atoms with E-state index in [1.54, 1.807) is 0 Å². The van der Waals surface area contributed by atoms with Gasteiger partial charge in [0.15, 0.2) is 0 Å². The summed E-state index contributed by atoms with van der Waals surface area (Å²) in [5.74, 6) is 0. The molecule has 2 unspecified atom stereocenters. The van der Waals surface area contributed by atoms with Crippen molar-refractivity contribution in [1.29, 1.82) is 5.26 Å². The van der Waals surface area contributed by atoms with E-state index in [4.69, 9.17) is 5.26 Å². The molecular formula is C13H28N4. The van der Waals surface area contributed by atoms with Gasteiger partial charge >= 0.3 is 0 Å². The Labute approximate surface area is 107 Å². The fourth-order valence-corrected chi connectivity index (χ4v) is 1.94. The highest BCUT2D eigenvalue weighted by molar-refractivity contribution is 5.03. The summed E-state index contributed by atoms with van der Waals surface area (Å²) in [5.41, 5.74) is -0.411. The fourth-order valence-electron chi connectivity index (χ4n) is 1.94. The fraction of sp³-hybridized carbons (Fsp3) is 0.923. The Hall–Kier alpha value is -0.630. The van der Waals surface area contributed by atoms with Crippen LogP contribution in [0, 0.1) is 11.3 Å². The van der Waals surface area contributed by atoms with Crippen molar-refractivity contribution >= 4 is 0 Å². The van der Waals surface area contributed by atoms with Crippen LogP contribution >= 0.6 is 0 Å². The molecule has 0 saturated heterocycles. The number of likely N-dealkylation sites (N-methyl/N-ethyl adjacent to an activating group) is 2. The maximum absolute atomic E-state index is 9.12. The molecule has 4 nitrogen and oxygen atoms in total. The van der Waals surface area contributed by atoms with Crippen LogP contribution < -0.4 is 5.32 Å². The van der Waals surface area contributed by atoms with E-state index in [0.29, 0.717) is 6.04 Å². The summed E-state index contributed by atoms with van der Waals surface area (Å²) >= 11 is 0. The Morgan fingerprint density at radius 1 is 1.41 bits per heavy atom. The van der Waals surface area contributed by atoms with E-state index in [-0.39, 0.29) is 0 Å². The predicted molar refractivity (Wildman–Crippen MR) is 73.0 cm³/mol. The highest BCUT2D eigenvalue weighted by atomic mass is 15.2. The second-order valence-corrected chi connectivity index (χ2v) is 5.18. The van der Waals surface area contributed by atoms with Crippen LogP contribution in [0.4, 0.5) is 0 Å². The highest BCUT2D eigenvalue weighted by Gasteiger charge is 2.23. The molecule has 4 heteroatoms. The van der Waals surface area contributed by atoms with Crippen molar-refractivity contribution in [3.05, 3.63) is 0 Å². The Bertz CT molecular complexity index is 246. The van der Waals surface area contributed by atoms with E-state index in [9.17, 15) is 0 Å². The first kappa shape index (κ1) is 16.4. The molecule has 0 rings (SSSR count). The molecule has 1 N–H and O–H groups in total. The number of nitrogens with one attached hydrogen (secondary N) is 1. The lowest BCUT2D eigenvalue weighted by Crippen LogP contribution is -2.45. The Morgan fingerprint density at radius 2 is 2.00 bits per heavy atom. The van der Waals surface area contributed by atoms with E-state index in [1.165, 1.54) is 0 Å². The van der Waals surface area contributed by atoms with Crippen molar-refractivity contribution in [3.8, 4) is 6.07 Å². The predicted octanol–water partition coefficient (Wildman–Crippen LogP) is 1.15. The SMILES string of the molecule is CCN(CCC(C)(C#N)NC)C(C)CN(C)C. The minimum absolute atomic E-state index is 0.411. The lowest BCUT2D eigenvalue weighted by Gasteiger charge is -2.32. The van der Waals surface area contributed by atoms with Gasteiger partial charge in [0.1, 0.15) is 5.54 Å². The van der Waals surface area contributed by atoms with Gasteiger partial charge < -0.3 is 10.2 Å². The number of rotatable bonds is 8. The first-order chi connectivity index (χ1) is 7.88. The zero-order chi connectivity index (χ0) is 13.5. The van der Waals surface area contributed by atoms with Gasteiger partial charge in [-0.2, -0.15) is 5.26 Å². The van der Waals surface area contributed by atoms with Crippen molar-refractivity contribution in [2.24, 2.45) is 0 Å². The summed E-state index contributed by atoms with van der Waals surface area (Å²) in [6.45, 7) is 9.41. The Morgan fingerprint density at radius 3 is 2.35 bits per heavy atom. The average molecular weight is 240 g/mol. The van der Waals surface area contributed by atoms with Gasteiger partial charge in [-0.25, -0.2) is 0 Å². The van der Waals surface area contributed by atoms with Crippen LogP contribution in [0.3, 0.4) is 0 Å². The van der Waals surface area contributed by atoms with Crippen LogP contribution in [0.2, 0.25) is 0 Å². The van der Waals surface area contributed by atoms with Gasteiger partial charge in [-0.15, -0.1) is 0 Å². The van der Waals surface area contributed by atoms with Crippen molar-refractivity contribution in [3.63, 3.8) is 0 Å². The van der Waals surface area contributed by atoms with Crippen LogP contribution in [-0.2, 0) is 0 Å². The van der Waals surface area contributed by atoms with Crippen LogP contribution in [0.5, 0.6) is 0 Å². The van der Waals surface area contributed by atoms with Gasteiger partial charge in [0.25, 0.3) is 0 Å². The van der Waals surface area contributed by atoms with Gasteiger partial charge in [0, 0.05) is 19.1 Å². The van der Waals surface area contributed by atoms with Crippen molar-refractivity contribution in [2.45, 2.75) is 38.8 Å². The number of nitrogens with zero attached hydrogens (tertiary/aromatic N) is 3. The summed E-state index contributed by atoms with van der Waals surface area (Å²) in [6.07, 6.45) is 0.853. The maximum Gasteiger partial charge on any atom is 0.104 e. The zero-order valence-electron chi connectivity index (χ0n) is 12.2. The summed E-state index contributed by atoms with van der Waals surface area (Å²) in [6, 6.07) is 2.86. The first-order valence-corrected chi connectivity index (χ1v) is 6.37. The number of hydrogen-bond acceptors (Lipinski definition) is 4.